The van der Waals surface area contributed by atoms with Gasteiger partial charge < -0.3 is 19.9 Å². The first-order valence-electron chi connectivity index (χ1n) is 10.6. The minimum Gasteiger partial charge on any atom is -0.405 e. The van der Waals surface area contributed by atoms with E-state index in [4.69, 9.17) is 0 Å². The summed E-state index contributed by atoms with van der Waals surface area (Å²) in [5.41, 5.74) is 1.63. The first kappa shape index (κ1) is 22.4. The Balaban J connectivity index is 1.34. The summed E-state index contributed by atoms with van der Waals surface area (Å²) in [4.78, 5) is 53.3. The molecular weight excluding hydrogens is 469 g/mol. The van der Waals surface area contributed by atoms with Crippen LogP contribution in [-0.2, 0) is 16.1 Å². The number of benzene rings is 2. The third-order valence-electron chi connectivity index (χ3n) is 5.88. The fraction of sp³-hybridized carbons (Fsp3) is 0.217. The zero-order chi connectivity index (χ0) is 24.9. The number of nitrogens with zero attached hydrogens (tertiary/aromatic N) is 1. The first-order valence-corrected chi connectivity index (χ1v) is 10.6. The van der Waals surface area contributed by atoms with Crippen LogP contribution < -0.4 is 15.4 Å². The van der Waals surface area contributed by atoms with Crippen molar-refractivity contribution in [2.45, 2.75) is 31.8 Å². The number of aromatic amines is 1. The lowest BCUT2D eigenvalue weighted by molar-refractivity contribution is -0.274. The van der Waals surface area contributed by atoms with Crippen LogP contribution in [0.3, 0.4) is 0 Å². The number of piperidine rings is 1. The molecule has 180 valence electrons. The van der Waals surface area contributed by atoms with E-state index in [1.807, 2.05) is 0 Å². The zero-order valence-corrected chi connectivity index (χ0v) is 17.9. The van der Waals surface area contributed by atoms with Crippen molar-refractivity contribution in [1.82, 2.24) is 15.2 Å². The number of anilines is 1. The average molecular weight is 486 g/mol. The van der Waals surface area contributed by atoms with Gasteiger partial charge in [-0.1, -0.05) is 6.07 Å². The summed E-state index contributed by atoms with van der Waals surface area (Å²) in [5, 5.41) is 4.98. The van der Waals surface area contributed by atoms with Gasteiger partial charge in [0, 0.05) is 35.1 Å². The topological polar surface area (TPSA) is 121 Å². The number of hydrogen-bond acceptors (Lipinski definition) is 5. The summed E-state index contributed by atoms with van der Waals surface area (Å²) in [6, 6.07) is 9.17. The van der Waals surface area contributed by atoms with Crippen LogP contribution in [0.4, 0.5) is 18.9 Å². The van der Waals surface area contributed by atoms with Gasteiger partial charge in [-0.05, 0) is 48.4 Å². The molecular formula is C23H17F3N4O5. The predicted octanol–water partition coefficient (Wildman–Crippen LogP) is 3.08. The number of amides is 4. The predicted molar refractivity (Wildman–Crippen MR) is 115 cm³/mol. The fourth-order valence-corrected chi connectivity index (χ4v) is 4.31. The Morgan fingerprint density at radius 2 is 1.91 bits per heavy atom. The van der Waals surface area contributed by atoms with Crippen molar-refractivity contribution in [1.29, 1.82) is 0 Å². The lowest BCUT2D eigenvalue weighted by atomic mass is 10.0. The highest BCUT2D eigenvalue weighted by Crippen LogP contribution is 2.32. The molecule has 0 radical (unpaired) electrons. The molecule has 2 aliphatic heterocycles. The molecule has 0 bridgehead atoms. The Bertz CT molecular complexity index is 1400. The molecule has 1 fully saturated rings. The fourth-order valence-electron chi connectivity index (χ4n) is 4.31. The van der Waals surface area contributed by atoms with Gasteiger partial charge in [-0.15, -0.1) is 13.2 Å². The van der Waals surface area contributed by atoms with Crippen LogP contribution >= 0.6 is 0 Å². The van der Waals surface area contributed by atoms with Crippen molar-refractivity contribution in [3.8, 4) is 5.75 Å². The maximum Gasteiger partial charge on any atom is 0.573 e. The molecule has 4 amide bonds. The van der Waals surface area contributed by atoms with Crippen LogP contribution in [0.5, 0.6) is 5.75 Å². The van der Waals surface area contributed by atoms with Crippen molar-refractivity contribution in [3.63, 3.8) is 0 Å². The number of carbonyl (C=O) groups excluding carboxylic acids is 4. The number of nitrogens with one attached hydrogen (secondary N) is 3. The third-order valence-corrected chi connectivity index (χ3v) is 5.88. The Morgan fingerprint density at radius 1 is 1.11 bits per heavy atom. The number of H-pyrrole nitrogens is 1. The van der Waals surface area contributed by atoms with Gasteiger partial charge in [0.1, 0.15) is 17.5 Å². The quantitative estimate of drug-likeness (QED) is 0.490. The van der Waals surface area contributed by atoms with Crippen LogP contribution in [0.2, 0.25) is 0 Å². The van der Waals surface area contributed by atoms with Crippen LogP contribution in [0.15, 0.2) is 42.5 Å². The zero-order valence-electron chi connectivity index (χ0n) is 17.9. The molecule has 2 aromatic carbocycles. The van der Waals surface area contributed by atoms with Crippen LogP contribution in [0.25, 0.3) is 10.9 Å². The van der Waals surface area contributed by atoms with E-state index >= 15 is 0 Å². The number of carbonyl (C=O) groups is 4. The summed E-state index contributed by atoms with van der Waals surface area (Å²) in [6.07, 6.45) is -4.51. The second-order valence-electron chi connectivity index (χ2n) is 8.17. The van der Waals surface area contributed by atoms with Crippen molar-refractivity contribution in [2.24, 2.45) is 0 Å². The number of hydrogen-bond donors (Lipinski definition) is 3. The molecule has 2 aliphatic rings. The molecule has 1 aromatic heterocycles. The van der Waals surface area contributed by atoms with Gasteiger partial charge in [0.25, 0.3) is 11.8 Å². The van der Waals surface area contributed by atoms with E-state index < -0.39 is 30.0 Å². The number of imide groups is 1. The Morgan fingerprint density at radius 3 is 2.66 bits per heavy atom. The molecule has 12 heteroatoms. The minimum absolute atomic E-state index is 0.0139. The van der Waals surface area contributed by atoms with Gasteiger partial charge in [-0.25, -0.2) is 0 Å². The molecule has 1 saturated heterocycles. The molecule has 35 heavy (non-hydrogen) atoms. The molecule has 0 saturated carbocycles. The number of fused-ring (bicyclic) bond motifs is 2. The van der Waals surface area contributed by atoms with E-state index in [1.54, 1.807) is 6.07 Å². The highest BCUT2D eigenvalue weighted by Gasteiger charge is 2.39. The van der Waals surface area contributed by atoms with Crippen molar-refractivity contribution in [3.05, 3.63) is 59.3 Å². The molecule has 3 N–H and O–H groups in total. The molecule has 3 aromatic rings. The van der Waals surface area contributed by atoms with Gasteiger partial charge in [-0.2, -0.15) is 0 Å². The second-order valence-corrected chi connectivity index (χ2v) is 8.17. The van der Waals surface area contributed by atoms with Crippen LogP contribution in [-0.4, -0.2) is 45.9 Å². The molecule has 0 aliphatic carbocycles. The summed E-state index contributed by atoms with van der Waals surface area (Å²) < 4.78 is 42.0. The molecule has 9 nitrogen and oxygen atoms in total. The normalized spacial score (nSPS) is 18.0. The van der Waals surface area contributed by atoms with Crippen molar-refractivity contribution in [2.75, 3.05) is 5.32 Å². The van der Waals surface area contributed by atoms with Gasteiger partial charge in [0.2, 0.25) is 11.8 Å². The van der Waals surface area contributed by atoms with Crippen molar-refractivity contribution < 1.29 is 37.1 Å². The Kier molecular flexibility index (Phi) is 5.23. The van der Waals surface area contributed by atoms with Gasteiger partial charge in [0.15, 0.2) is 0 Å². The van der Waals surface area contributed by atoms with E-state index in [0.29, 0.717) is 16.8 Å². The first-order chi connectivity index (χ1) is 16.6. The van der Waals surface area contributed by atoms with E-state index in [0.717, 1.165) is 6.07 Å². The second kappa shape index (κ2) is 8.15. The minimum atomic E-state index is -4.88. The molecule has 5 rings (SSSR count). The number of aromatic nitrogens is 1. The highest BCUT2D eigenvalue weighted by molar-refractivity contribution is 6.08. The van der Waals surface area contributed by atoms with Crippen molar-refractivity contribution >= 4 is 40.2 Å². The van der Waals surface area contributed by atoms with Gasteiger partial charge in [-0.3, -0.25) is 24.5 Å². The molecule has 1 unspecified atom stereocenters. The summed E-state index contributed by atoms with van der Waals surface area (Å²) in [6.45, 7) is 0.134. The Hall–Kier alpha value is -4.35. The highest BCUT2D eigenvalue weighted by atomic mass is 19.4. The number of rotatable bonds is 4. The molecule has 1 atom stereocenters. The smallest absolute Gasteiger partial charge is 0.405 e. The SMILES string of the molecule is O=C1CCC(N2Cc3cc(NC(=O)c4cc5c(OC(F)(F)F)cccc5[nH]4)ccc3C2=O)C(=O)N1. The molecule has 3 heterocycles. The van der Waals surface area contributed by atoms with E-state index in [1.165, 1.54) is 35.2 Å². The van der Waals surface area contributed by atoms with Gasteiger partial charge in [0.05, 0.1) is 0 Å². The monoisotopic (exact) mass is 486 g/mol. The molecule has 0 spiro atoms. The Labute approximate surface area is 195 Å². The largest absolute Gasteiger partial charge is 0.573 e. The van der Waals surface area contributed by atoms with E-state index in [-0.39, 0.29) is 47.8 Å². The number of ether oxygens (including phenoxy) is 1. The van der Waals surface area contributed by atoms with E-state index in [9.17, 15) is 32.3 Å². The van der Waals surface area contributed by atoms with Crippen LogP contribution in [0.1, 0.15) is 39.3 Å². The van der Waals surface area contributed by atoms with Gasteiger partial charge >= 0.3 is 6.36 Å². The lowest BCUT2D eigenvalue weighted by Gasteiger charge is -2.29. The standard InChI is InChI=1S/C23H17F3N4O5/c24-23(25,26)35-18-3-1-2-15-14(18)9-16(28-15)20(32)27-12-4-5-13-11(8-12)10-30(22(13)34)17-6-7-19(31)29-21(17)33/h1-5,8-9,17,28H,6-7,10H2,(H,27,32)(H,29,31,33). The summed E-state index contributed by atoms with van der Waals surface area (Å²) in [5.74, 6) is -2.29. The summed E-state index contributed by atoms with van der Waals surface area (Å²) in [7, 11) is 0. The van der Waals surface area contributed by atoms with Crippen LogP contribution in [0, 0.1) is 0 Å². The lowest BCUT2D eigenvalue weighted by Crippen LogP contribution is -2.52. The average Bonchev–Trinajstić information content (AvgIpc) is 3.35. The maximum absolute atomic E-state index is 12.8. The third kappa shape index (κ3) is 4.29. The maximum atomic E-state index is 12.8. The summed E-state index contributed by atoms with van der Waals surface area (Å²) >= 11 is 0. The number of halogens is 3. The number of alkyl halides is 3. The van der Waals surface area contributed by atoms with E-state index in [2.05, 4.69) is 20.4 Å².